The number of halogens is 1. The van der Waals surface area contributed by atoms with E-state index >= 15 is 0 Å². The van der Waals surface area contributed by atoms with Crippen molar-refractivity contribution in [3.8, 4) is 0 Å². The van der Waals surface area contributed by atoms with Gasteiger partial charge in [-0.2, -0.15) is 0 Å². The first-order chi connectivity index (χ1) is 9.54. The van der Waals surface area contributed by atoms with E-state index in [9.17, 15) is 4.79 Å². The zero-order chi connectivity index (χ0) is 15.0. The number of rotatable bonds is 8. The Morgan fingerprint density at radius 3 is 2.70 bits per heavy atom. The highest BCUT2D eigenvalue weighted by molar-refractivity contribution is 9.10. The van der Waals surface area contributed by atoms with Crippen molar-refractivity contribution in [1.29, 1.82) is 0 Å². The second kappa shape index (κ2) is 9.05. The summed E-state index contributed by atoms with van der Waals surface area (Å²) in [6, 6.07) is 3.48. The molecule has 0 saturated carbocycles. The number of aromatic nitrogens is 1. The summed E-state index contributed by atoms with van der Waals surface area (Å²) < 4.78 is 5.75. The Labute approximate surface area is 129 Å². The number of carbonyl (C=O) groups excluding carboxylic acids is 1. The monoisotopic (exact) mass is 343 g/mol. The van der Waals surface area contributed by atoms with Crippen molar-refractivity contribution in [3.05, 3.63) is 28.5 Å². The van der Waals surface area contributed by atoms with Crippen LogP contribution in [-0.4, -0.2) is 68.1 Å². The van der Waals surface area contributed by atoms with E-state index < -0.39 is 0 Å². The number of hydrogen-bond acceptors (Lipinski definition) is 4. The maximum absolute atomic E-state index is 12.5. The van der Waals surface area contributed by atoms with Gasteiger partial charge in [-0.1, -0.05) is 0 Å². The van der Waals surface area contributed by atoms with E-state index in [0.717, 1.165) is 19.5 Å². The lowest BCUT2D eigenvalue weighted by Gasteiger charge is -2.23. The molecule has 0 bridgehead atoms. The van der Waals surface area contributed by atoms with Gasteiger partial charge in [0.25, 0.3) is 5.91 Å². The standard InChI is InChI=1S/C14H22BrN3O2/c1-17(2)7-4-8-18(9-10-20-3)14(19)12-5-6-16-13(15)11-12/h5-6,11H,4,7-10H2,1-3H3. The SMILES string of the molecule is COCCN(CCCN(C)C)C(=O)c1ccnc(Br)c1. The van der Waals surface area contributed by atoms with Crippen LogP contribution in [0.3, 0.4) is 0 Å². The zero-order valence-corrected chi connectivity index (χ0v) is 13.9. The van der Waals surface area contributed by atoms with E-state index in [1.165, 1.54) is 0 Å². The van der Waals surface area contributed by atoms with Crippen molar-refractivity contribution in [2.24, 2.45) is 0 Å². The van der Waals surface area contributed by atoms with Gasteiger partial charge < -0.3 is 14.5 Å². The van der Waals surface area contributed by atoms with Gasteiger partial charge in [0.1, 0.15) is 4.60 Å². The van der Waals surface area contributed by atoms with Gasteiger partial charge in [-0.25, -0.2) is 4.98 Å². The summed E-state index contributed by atoms with van der Waals surface area (Å²) in [5.41, 5.74) is 0.646. The normalized spacial score (nSPS) is 10.8. The van der Waals surface area contributed by atoms with Crippen LogP contribution in [0.15, 0.2) is 22.9 Å². The van der Waals surface area contributed by atoms with E-state index in [2.05, 4.69) is 25.8 Å². The lowest BCUT2D eigenvalue weighted by molar-refractivity contribution is 0.0689. The van der Waals surface area contributed by atoms with E-state index in [4.69, 9.17) is 4.74 Å². The molecule has 112 valence electrons. The molecule has 20 heavy (non-hydrogen) atoms. The van der Waals surface area contributed by atoms with Crippen molar-refractivity contribution < 1.29 is 9.53 Å². The third-order valence-electron chi connectivity index (χ3n) is 2.86. The minimum atomic E-state index is 0.0175. The van der Waals surface area contributed by atoms with E-state index in [1.807, 2.05) is 19.0 Å². The lowest BCUT2D eigenvalue weighted by atomic mass is 10.2. The number of methoxy groups -OCH3 is 1. The average molecular weight is 344 g/mol. The molecule has 0 unspecified atom stereocenters. The molecule has 0 radical (unpaired) electrons. The molecular formula is C14H22BrN3O2. The van der Waals surface area contributed by atoms with Gasteiger partial charge in [-0.3, -0.25) is 4.79 Å². The number of hydrogen-bond donors (Lipinski definition) is 0. The summed E-state index contributed by atoms with van der Waals surface area (Å²) in [7, 11) is 5.70. The molecule has 1 amide bonds. The highest BCUT2D eigenvalue weighted by Crippen LogP contribution is 2.11. The molecule has 0 aliphatic heterocycles. The predicted molar refractivity (Wildman–Crippen MR) is 82.9 cm³/mol. The largest absolute Gasteiger partial charge is 0.383 e. The summed E-state index contributed by atoms with van der Waals surface area (Å²) in [5, 5.41) is 0. The molecule has 1 rings (SSSR count). The van der Waals surface area contributed by atoms with Crippen LogP contribution >= 0.6 is 15.9 Å². The minimum Gasteiger partial charge on any atom is -0.383 e. The maximum atomic E-state index is 12.5. The summed E-state index contributed by atoms with van der Waals surface area (Å²) >= 11 is 3.29. The molecule has 0 saturated heterocycles. The van der Waals surface area contributed by atoms with Crippen LogP contribution in [0.4, 0.5) is 0 Å². The fourth-order valence-electron chi connectivity index (χ4n) is 1.81. The van der Waals surface area contributed by atoms with Crippen molar-refractivity contribution in [2.75, 3.05) is 47.4 Å². The zero-order valence-electron chi connectivity index (χ0n) is 12.3. The smallest absolute Gasteiger partial charge is 0.254 e. The third kappa shape index (κ3) is 5.98. The van der Waals surface area contributed by atoms with Gasteiger partial charge in [-0.15, -0.1) is 0 Å². The maximum Gasteiger partial charge on any atom is 0.254 e. The second-order valence-corrected chi connectivity index (χ2v) is 5.62. The first kappa shape index (κ1) is 17.1. The van der Waals surface area contributed by atoms with Crippen LogP contribution in [0.1, 0.15) is 16.8 Å². The minimum absolute atomic E-state index is 0.0175. The van der Waals surface area contributed by atoms with Crippen LogP contribution in [0.2, 0.25) is 0 Å². The Hall–Kier alpha value is -0.980. The number of ether oxygens (including phenoxy) is 1. The Bertz CT molecular complexity index is 427. The van der Waals surface area contributed by atoms with Crippen LogP contribution in [0.25, 0.3) is 0 Å². The van der Waals surface area contributed by atoms with Gasteiger partial charge in [0.15, 0.2) is 0 Å². The fraction of sp³-hybridized carbons (Fsp3) is 0.571. The number of pyridine rings is 1. The van der Waals surface area contributed by atoms with Crippen molar-refractivity contribution in [3.63, 3.8) is 0 Å². The summed E-state index contributed by atoms with van der Waals surface area (Å²) in [6.45, 7) is 2.82. The molecule has 0 aromatic carbocycles. The molecule has 0 aliphatic carbocycles. The van der Waals surface area contributed by atoms with E-state index in [-0.39, 0.29) is 5.91 Å². The number of carbonyl (C=O) groups is 1. The summed E-state index contributed by atoms with van der Waals surface area (Å²) in [4.78, 5) is 20.5. The van der Waals surface area contributed by atoms with E-state index in [0.29, 0.717) is 23.3 Å². The van der Waals surface area contributed by atoms with Crippen LogP contribution in [-0.2, 0) is 4.74 Å². The molecule has 1 aromatic rings. The lowest BCUT2D eigenvalue weighted by Crippen LogP contribution is -2.36. The molecule has 0 atom stereocenters. The van der Waals surface area contributed by atoms with Crippen LogP contribution in [0.5, 0.6) is 0 Å². The quantitative estimate of drug-likeness (QED) is 0.676. The van der Waals surface area contributed by atoms with Gasteiger partial charge >= 0.3 is 0 Å². The summed E-state index contributed by atoms with van der Waals surface area (Å²) in [5.74, 6) is 0.0175. The Morgan fingerprint density at radius 1 is 1.35 bits per heavy atom. The second-order valence-electron chi connectivity index (χ2n) is 4.81. The highest BCUT2D eigenvalue weighted by Gasteiger charge is 2.15. The molecular weight excluding hydrogens is 322 g/mol. The predicted octanol–water partition coefficient (Wildman–Crippen LogP) is 1.88. The number of nitrogens with zero attached hydrogens (tertiary/aromatic N) is 3. The Kier molecular flexibility index (Phi) is 7.72. The van der Waals surface area contributed by atoms with Gasteiger partial charge in [-0.05, 0) is 55.1 Å². The topological polar surface area (TPSA) is 45.7 Å². The van der Waals surface area contributed by atoms with Crippen molar-refractivity contribution in [2.45, 2.75) is 6.42 Å². The van der Waals surface area contributed by atoms with Gasteiger partial charge in [0, 0.05) is 32.0 Å². The third-order valence-corrected chi connectivity index (χ3v) is 3.29. The van der Waals surface area contributed by atoms with Crippen LogP contribution < -0.4 is 0 Å². The van der Waals surface area contributed by atoms with Crippen LogP contribution in [0, 0.1) is 0 Å². The van der Waals surface area contributed by atoms with Crippen molar-refractivity contribution >= 4 is 21.8 Å². The molecule has 1 heterocycles. The molecule has 0 spiro atoms. The van der Waals surface area contributed by atoms with Gasteiger partial charge in [0.05, 0.1) is 6.61 Å². The highest BCUT2D eigenvalue weighted by atomic mass is 79.9. The first-order valence-corrected chi connectivity index (χ1v) is 7.38. The molecule has 6 heteroatoms. The Morgan fingerprint density at radius 2 is 2.10 bits per heavy atom. The van der Waals surface area contributed by atoms with Gasteiger partial charge in [0.2, 0.25) is 0 Å². The number of amides is 1. The van der Waals surface area contributed by atoms with Crippen molar-refractivity contribution in [1.82, 2.24) is 14.8 Å². The average Bonchev–Trinajstić information content (AvgIpc) is 2.41. The Balaban J connectivity index is 2.68. The molecule has 1 aromatic heterocycles. The van der Waals surface area contributed by atoms with E-state index in [1.54, 1.807) is 25.4 Å². The molecule has 0 N–H and O–H groups in total. The first-order valence-electron chi connectivity index (χ1n) is 6.59. The molecule has 0 aliphatic rings. The summed E-state index contributed by atoms with van der Waals surface area (Å²) in [6.07, 6.45) is 2.57. The fourth-order valence-corrected chi connectivity index (χ4v) is 2.18. The molecule has 5 nitrogen and oxygen atoms in total. The molecule has 0 fully saturated rings.